The van der Waals surface area contributed by atoms with Gasteiger partial charge in [-0.2, -0.15) is 5.10 Å². The Morgan fingerprint density at radius 1 is 1.31 bits per heavy atom. The first-order valence-electron chi connectivity index (χ1n) is 8.22. The fourth-order valence-electron chi connectivity index (χ4n) is 2.46. The van der Waals surface area contributed by atoms with E-state index < -0.39 is 0 Å². The number of nitrogens with one attached hydrogen (secondary N) is 1. The molecule has 1 aliphatic heterocycles. The Kier molecular flexibility index (Phi) is 6.48. The average Bonchev–Trinajstić information content (AvgIpc) is 3.21. The minimum Gasteiger partial charge on any atom is -0.497 e. The molecule has 0 amide bonds. The van der Waals surface area contributed by atoms with Gasteiger partial charge in [-0.25, -0.2) is 5.01 Å². The predicted octanol–water partition coefficient (Wildman–Crippen LogP) is 2.43. The average molecular weight is 370 g/mol. The molecule has 3 rings (SSSR count). The van der Waals surface area contributed by atoms with Crippen LogP contribution in [0.25, 0.3) is 0 Å². The van der Waals surface area contributed by atoms with Crippen molar-refractivity contribution in [3.05, 3.63) is 60.2 Å². The summed E-state index contributed by atoms with van der Waals surface area (Å²) < 4.78 is 7.32. The number of rotatable bonds is 6. The van der Waals surface area contributed by atoms with Gasteiger partial charge in [0.2, 0.25) is 5.96 Å². The summed E-state index contributed by atoms with van der Waals surface area (Å²) in [6.07, 6.45) is 2.46. The number of benzene rings is 2. The summed E-state index contributed by atoms with van der Waals surface area (Å²) in [7, 11) is 1.64. The molecule has 0 bridgehead atoms. The molecule has 1 saturated heterocycles. The molecule has 0 radical (unpaired) electrons. The van der Waals surface area contributed by atoms with E-state index >= 15 is 0 Å². The zero-order chi connectivity index (χ0) is 18.2. The van der Waals surface area contributed by atoms with Gasteiger partial charge in [0, 0.05) is 18.7 Å². The van der Waals surface area contributed by atoms with Crippen molar-refractivity contribution in [2.24, 2.45) is 15.9 Å². The quantitative estimate of drug-likeness (QED) is 0.352. The van der Waals surface area contributed by atoms with Gasteiger partial charge in [0.05, 0.1) is 25.3 Å². The molecule has 8 heteroatoms. The van der Waals surface area contributed by atoms with E-state index in [4.69, 9.17) is 10.5 Å². The highest BCUT2D eigenvalue weighted by Crippen LogP contribution is 2.26. The molecule has 0 unspecified atom stereocenters. The number of hydrazine groups is 1. The zero-order valence-electron chi connectivity index (χ0n) is 14.6. The van der Waals surface area contributed by atoms with Crippen LogP contribution in [0.3, 0.4) is 0 Å². The highest BCUT2D eigenvalue weighted by molar-refractivity contribution is 7.97. The van der Waals surface area contributed by atoms with Crippen molar-refractivity contribution < 1.29 is 4.74 Å². The molecule has 7 nitrogen and oxygen atoms in total. The molecule has 136 valence electrons. The Bertz CT molecular complexity index is 761. The molecule has 1 heterocycles. The predicted molar refractivity (Wildman–Crippen MR) is 108 cm³/mol. The van der Waals surface area contributed by atoms with E-state index in [-0.39, 0.29) is 0 Å². The van der Waals surface area contributed by atoms with E-state index in [0.29, 0.717) is 19.0 Å². The van der Waals surface area contributed by atoms with Crippen molar-refractivity contribution in [2.75, 3.05) is 24.7 Å². The third-order valence-corrected chi connectivity index (χ3v) is 4.64. The number of ether oxygens (including phenoxy) is 1. The lowest BCUT2D eigenvalue weighted by Crippen LogP contribution is -2.47. The highest BCUT2D eigenvalue weighted by Gasteiger charge is 2.24. The molecule has 2 aromatic carbocycles. The molecular weight excluding hydrogens is 348 g/mol. The van der Waals surface area contributed by atoms with Crippen molar-refractivity contribution in [3.8, 4) is 5.75 Å². The van der Waals surface area contributed by atoms with Crippen LogP contribution < -0.4 is 20.8 Å². The molecule has 3 N–H and O–H groups in total. The van der Waals surface area contributed by atoms with Gasteiger partial charge in [0.1, 0.15) is 5.75 Å². The van der Waals surface area contributed by atoms with Gasteiger partial charge in [-0.05, 0) is 29.6 Å². The Morgan fingerprint density at radius 2 is 2.15 bits per heavy atom. The van der Waals surface area contributed by atoms with Crippen LogP contribution in [0.4, 0.5) is 5.69 Å². The first-order chi connectivity index (χ1) is 12.8. The molecule has 26 heavy (non-hydrogen) atoms. The van der Waals surface area contributed by atoms with E-state index in [1.165, 1.54) is 5.56 Å². The second-order valence-electron chi connectivity index (χ2n) is 5.49. The van der Waals surface area contributed by atoms with Gasteiger partial charge in [-0.15, -0.1) is 9.52 Å². The van der Waals surface area contributed by atoms with Gasteiger partial charge in [0.15, 0.2) is 0 Å². The van der Waals surface area contributed by atoms with Gasteiger partial charge >= 0.3 is 0 Å². The van der Waals surface area contributed by atoms with Gasteiger partial charge in [-0.3, -0.25) is 5.32 Å². The summed E-state index contributed by atoms with van der Waals surface area (Å²) in [6, 6.07) is 17.8. The SMILES string of the molecule is COc1cccc(N(/C(N)=N/N=C/Cc2ccccc2)N2CNCS2)c1. The van der Waals surface area contributed by atoms with Crippen LogP contribution >= 0.6 is 11.9 Å². The van der Waals surface area contributed by atoms with Crippen molar-refractivity contribution in [3.63, 3.8) is 0 Å². The van der Waals surface area contributed by atoms with Crippen LogP contribution in [0.2, 0.25) is 0 Å². The summed E-state index contributed by atoms with van der Waals surface area (Å²) in [4.78, 5) is 0. The van der Waals surface area contributed by atoms with E-state index in [1.54, 1.807) is 25.3 Å². The van der Waals surface area contributed by atoms with Crippen molar-refractivity contribution in [1.29, 1.82) is 0 Å². The molecular formula is C18H22N6OS. The van der Waals surface area contributed by atoms with E-state index in [0.717, 1.165) is 17.3 Å². The lowest BCUT2D eigenvalue weighted by molar-refractivity contribution is 0.414. The summed E-state index contributed by atoms with van der Waals surface area (Å²) >= 11 is 1.62. The van der Waals surface area contributed by atoms with Crippen molar-refractivity contribution in [1.82, 2.24) is 9.73 Å². The molecule has 1 aliphatic rings. The lowest BCUT2D eigenvalue weighted by atomic mass is 10.2. The first kappa shape index (κ1) is 18.2. The van der Waals surface area contributed by atoms with Gasteiger partial charge < -0.3 is 10.5 Å². The van der Waals surface area contributed by atoms with E-state index in [1.807, 2.05) is 64.0 Å². The van der Waals surface area contributed by atoms with Crippen molar-refractivity contribution >= 4 is 29.8 Å². The normalized spacial score (nSPS) is 15.5. The highest BCUT2D eigenvalue weighted by atomic mass is 32.2. The fourth-order valence-corrected chi connectivity index (χ4v) is 3.26. The van der Waals surface area contributed by atoms with E-state index in [2.05, 4.69) is 15.5 Å². The molecule has 1 fully saturated rings. The molecule has 0 atom stereocenters. The zero-order valence-corrected chi connectivity index (χ0v) is 15.4. The van der Waals surface area contributed by atoms with E-state index in [9.17, 15) is 0 Å². The third kappa shape index (κ3) is 4.75. The summed E-state index contributed by atoms with van der Waals surface area (Å²) in [6.45, 7) is 0.659. The second kappa shape index (κ2) is 9.23. The Morgan fingerprint density at radius 3 is 2.88 bits per heavy atom. The molecule has 0 aromatic heterocycles. The molecule has 2 aromatic rings. The van der Waals surface area contributed by atoms with Crippen LogP contribution in [0.5, 0.6) is 5.75 Å². The summed E-state index contributed by atoms with van der Waals surface area (Å²) in [5.41, 5.74) is 8.28. The van der Waals surface area contributed by atoms with Gasteiger partial charge in [-0.1, -0.05) is 36.4 Å². The van der Waals surface area contributed by atoms with Gasteiger partial charge in [0.25, 0.3) is 0 Å². The lowest BCUT2D eigenvalue weighted by Gasteiger charge is -2.30. The topological polar surface area (TPSA) is 78.5 Å². The van der Waals surface area contributed by atoms with Crippen LogP contribution in [0.1, 0.15) is 5.56 Å². The minimum atomic E-state index is 0.291. The number of guanidine groups is 1. The number of methoxy groups -OCH3 is 1. The molecule has 0 spiro atoms. The Balaban J connectivity index is 1.76. The first-order valence-corrected chi connectivity index (χ1v) is 9.16. The van der Waals surface area contributed by atoms with Crippen LogP contribution in [-0.4, -0.2) is 36.2 Å². The summed E-state index contributed by atoms with van der Waals surface area (Å²) in [5, 5.41) is 13.4. The van der Waals surface area contributed by atoms with Crippen molar-refractivity contribution in [2.45, 2.75) is 6.42 Å². The fraction of sp³-hybridized carbons (Fsp3) is 0.222. The number of anilines is 1. The number of nitrogens with two attached hydrogens (primary N) is 1. The van der Waals surface area contributed by atoms with Crippen LogP contribution in [0.15, 0.2) is 64.8 Å². The number of hydrogen-bond donors (Lipinski definition) is 2. The smallest absolute Gasteiger partial charge is 0.236 e. The number of nitrogens with zero attached hydrogens (tertiary/aromatic N) is 4. The summed E-state index contributed by atoms with van der Waals surface area (Å²) in [5.74, 6) is 1.86. The Labute approximate surface area is 157 Å². The minimum absolute atomic E-state index is 0.291. The standard InChI is InChI=1S/C18H22N6OS/c1-25-17-9-5-8-16(12-17)24(23-13-20-14-26-23)18(19)22-21-11-10-15-6-3-2-4-7-15/h2-9,11-12,20H,10,13-14H2,1H3,(H2,19,22)/b21-11+. The maximum absolute atomic E-state index is 6.24. The molecule has 0 aliphatic carbocycles. The Hall–Kier alpha value is -2.55. The van der Waals surface area contributed by atoms with Crippen LogP contribution in [-0.2, 0) is 6.42 Å². The van der Waals surface area contributed by atoms with Crippen LogP contribution in [0, 0.1) is 0 Å². The maximum Gasteiger partial charge on any atom is 0.236 e. The number of hydrogen-bond acceptors (Lipinski definition) is 6. The maximum atomic E-state index is 6.24. The third-order valence-electron chi connectivity index (χ3n) is 3.71. The second-order valence-corrected chi connectivity index (χ2v) is 6.46. The largest absolute Gasteiger partial charge is 0.497 e. The molecule has 0 saturated carbocycles. The monoisotopic (exact) mass is 370 g/mol.